The van der Waals surface area contributed by atoms with Gasteiger partial charge in [-0.15, -0.1) is 11.3 Å². The van der Waals surface area contributed by atoms with Gasteiger partial charge in [-0.1, -0.05) is 0 Å². The lowest BCUT2D eigenvalue weighted by atomic mass is 10.2. The van der Waals surface area contributed by atoms with E-state index in [1.807, 2.05) is 12.1 Å². The molecule has 0 spiro atoms. The minimum atomic E-state index is -2.91. The van der Waals surface area contributed by atoms with Crippen LogP contribution in [0.4, 0.5) is 5.82 Å². The molecule has 1 fully saturated rings. The third-order valence-corrected chi connectivity index (χ3v) is 6.48. The van der Waals surface area contributed by atoms with Crippen molar-refractivity contribution in [3.05, 3.63) is 24.7 Å². The number of thiophene rings is 1. The Balaban J connectivity index is 1.79. The summed E-state index contributed by atoms with van der Waals surface area (Å²) >= 11 is 1.52. The van der Waals surface area contributed by atoms with Gasteiger partial charge in [0.25, 0.3) is 0 Å². The second-order valence-electron chi connectivity index (χ2n) is 5.10. The molecule has 1 unspecified atom stereocenters. The van der Waals surface area contributed by atoms with E-state index in [0.717, 1.165) is 20.4 Å². The number of anilines is 1. The largest absolute Gasteiger partial charge is 0.365 e. The highest BCUT2D eigenvalue weighted by Gasteiger charge is 2.28. The van der Waals surface area contributed by atoms with Crippen LogP contribution in [0, 0.1) is 0 Å². The molecule has 108 valence electrons. The molecule has 0 aliphatic carbocycles. The topological polar surface area (TPSA) is 84.8 Å². The highest BCUT2D eigenvalue weighted by molar-refractivity contribution is 7.91. The molecule has 4 heterocycles. The molecular formula is C13H12N4O2S2. The van der Waals surface area contributed by atoms with E-state index >= 15 is 0 Å². The minimum Gasteiger partial charge on any atom is -0.365 e. The molecule has 1 aliphatic heterocycles. The molecular weight excluding hydrogens is 308 g/mol. The van der Waals surface area contributed by atoms with E-state index in [1.165, 1.54) is 17.7 Å². The van der Waals surface area contributed by atoms with Crippen LogP contribution in [0.25, 0.3) is 20.4 Å². The Bertz CT molecular complexity index is 936. The van der Waals surface area contributed by atoms with Crippen molar-refractivity contribution in [2.75, 3.05) is 16.8 Å². The average molecular weight is 320 g/mol. The average Bonchev–Trinajstić information content (AvgIpc) is 3.00. The van der Waals surface area contributed by atoms with E-state index in [2.05, 4.69) is 20.3 Å². The molecule has 3 aromatic heterocycles. The first-order valence-electron chi connectivity index (χ1n) is 6.57. The molecule has 1 N–H and O–H groups in total. The summed E-state index contributed by atoms with van der Waals surface area (Å²) in [6.07, 6.45) is 3.88. The molecule has 1 atom stereocenters. The minimum absolute atomic E-state index is 0.0775. The van der Waals surface area contributed by atoms with Crippen molar-refractivity contribution in [1.29, 1.82) is 0 Å². The first-order valence-corrected chi connectivity index (χ1v) is 9.21. The first kappa shape index (κ1) is 12.9. The van der Waals surface area contributed by atoms with Crippen molar-refractivity contribution in [1.82, 2.24) is 15.0 Å². The zero-order valence-corrected chi connectivity index (χ0v) is 12.6. The van der Waals surface area contributed by atoms with E-state index < -0.39 is 9.84 Å². The molecule has 8 heteroatoms. The number of rotatable bonds is 2. The predicted octanol–water partition coefficient (Wildman–Crippen LogP) is 1.84. The van der Waals surface area contributed by atoms with Crippen LogP contribution in [0.1, 0.15) is 6.42 Å². The van der Waals surface area contributed by atoms with Crippen molar-refractivity contribution in [2.24, 2.45) is 0 Å². The number of fused-ring (bicyclic) bond motifs is 3. The molecule has 4 rings (SSSR count). The molecule has 0 radical (unpaired) electrons. The molecule has 0 aromatic carbocycles. The molecule has 21 heavy (non-hydrogen) atoms. The Morgan fingerprint density at radius 1 is 1.29 bits per heavy atom. The van der Waals surface area contributed by atoms with Crippen LogP contribution >= 0.6 is 11.3 Å². The van der Waals surface area contributed by atoms with Crippen LogP contribution in [0.3, 0.4) is 0 Å². The Labute approximate surface area is 125 Å². The lowest BCUT2D eigenvalue weighted by Gasteiger charge is -2.11. The summed E-state index contributed by atoms with van der Waals surface area (Å²) < 4.78 is 24.0. The summed E-state index contributed by atoms with van der Waals surface area (Å²) in [6.45, 7) is 0. The van der Waals surface area contributed by atoms with E-state index in [0.29, 0.717) is 12.2 Å². The van der Waals surface area contributed by atoms with Crippen LogP contribution in [0.5, 0.6) is 0 Å². The number of sulfone groups is 1. The van der Waals surface area contributed by atoms with E-state index in [9.17, 15) is 8.42 Å². The van der Waals surface area contributed by atoms with Gasteiger partial charge >= 0.3 is 0 Å². The first-order chi connectivity index (χ1) is 10.1. The summed E-state index contributed by atoms with van der Waals surface area (Å²) in [7, 11) is -2.91. The fourth-order valence-electron chi connectivity index (χ4n) is 2.62. The van der Waals surface area contributed by atoms with Crippen LogP contribution in [0.2, 0.25) is 0 Å². The van der Waals surface area contributed by atoms with E-state index in [4.69, 9.17) is 0 Å². The molecule has 0 saturated carbocycles. The summed E-state index contributed by atoms with van der Waals surface area (Å²) in [6, 6.07) is 3.79. The SMILES string of the molecule is O=S1(=O)CCC(Nc2ncnc3c2sc2ncccc23)C1. The highest BCUT2D eigenvalue weighted by Crippen LogP contribution is 2.34. The van der Waals surface area contributed by atoms with Crippen molar-refractivity contribution in [3.63, 3.8) is 0 Å². The second-order valence-corrected chi connectivity index (χ2v) is 8.33. The number of aromatic nitrogens is 3. The number of pyridine rings is 1. The van der Waals surface area contributed by atoms with Crippen molar-refractivity contribution in [2.45, 2.75) is 12.5 Å². The third-order valence-electron chi connectivity index (χ3n) is 3.60. The molecule has 0 bridgehead atoms. The monoisotopic (exact) mass is 320 g/mol. The van der Waals surface area contributed by atoms with Crippen LogP contribution < -0.4 is 5.32 Å². The normalized spacial score (nSPS) is 21.0. The Morgan fingerprint density at radius 3 is 3.00 bits per heavy atom. The van der Waals surface area contributed by atoms with Crippen molar-refractivity contribution >= 4 is 47.4 Å². The van der Waals surface area contributed by atoms with Gasteiger partial charge in [0.15, 0.2) is 9.84 Å². The van der Waals surface area contributed by atoms with Gasteiger partial charge in [0, 0.05) is 17.6 Å². The fourth-order valence-corrected chi connectivity index (χ4v) is 5.34. The number of hydrogen-bond acceptors (Lipinski definition) is 7. The molecule has 3 aromatic rings. The Hall–Kier alpha value is -1.80. The van der Waals surface area contributed by atoms with E-state index in [-0.39, 0.29) is 17.5 Å². The van der Waals surface area contributed by atoms with Gasteiger partial charge in [-0.05, 0) is 18.6 Å². The molecule has 6 nitrogen and oxygen atoms in total. The van der Waals surface area contributed by atoms with Gasteiger partial charge < -0.3 is 5.32 Å². The van der Waals surface area contributed by atoms with Crippen molar-refractivity contribution < 1.29 is 8.42 Å². The maximum Gasteiger partial charge on any atom is 0.152 e. The van der Waals surface area contributed by atoms with Gasteiger partial charge in [-0.3, -0.25) is 0 Å². The molecule has 1 saturated heterocycles. The van der Waals surface area contributed by atoms with Gasteiger partial charge in [-0.25, -0.2) is 23.4 Å². The van der Waals surface area contributed by atoms with E-state index in [1.54, 1.807) is 6.20 Å². The smallest absolute Gasteiger partial charge is 0.152 e. The van der Waals surface area contributed by atoms with Gasteiger partial charge in [-0.2, -0.15) is 0 Å². The summed E-state index contributed by atoms with van der Waals surface area (Å²) in [5.74, 6) is 1.11. The lowest BCUT2D eigenvalue weighted by molar-refractivity contribution is 0.602. The van der Waals surface area contributed by atoms with Gasteiger partial charge in [0.1, 0.15) is 17.0 Å². The lowest BCUT2D eigenvalue weighted by Crippen LogP contribution is -2.21. The molecule has 1 aliphatic rings. The number of nitrogens with zero attached hydrogens (tertiary/aromatic N) is 3. The fraction of sp³-hybridized carbons (Fsp3) is 0.308. The summed E-state index contributed by atoms with van der Waals surface area (Å²) in [5, 5.41) is 4.25. The Morgan fingerprint density at radius 2 is 2.19 bits per heavy atom. The number of nitrogens with one attached hydrogen (secondary N) is 1. The van der Waals surface area contributed by atoms with Crippen LogP contribution in [0.15, 0.2) is 24.7 Å². The van der Waals surface area contributed by atoms with Crippen LogP contribution in [-0.4, -0.2) is 40.9 Å². The Kier molecular flexibility index (Phi) is 2.83. The maximum atomic E-state index is 11.6. The number of hydrogen-bond donors (Lipinski definition) is 1. The zero-order valence-electron chi connectivity index (χ0n) is 11.0. The van der Waals surface area contributed by atoms with Crippen molar-refractivity contribution in [3.8, 4) is 0 Å². The molecule has 0 amide bonds. The second kappa shape index (κ2) is 4.60. The van der Waals surface area contributed by atoms with Gasteiger partial charge in [0.05, 0.1) is 21.7 Å². The quantitative estimate of drug-likeness (QED) is 0.775. The summed E-state index contributed by atoms with van der Waals surface area (Å²) in [4.78, 5) is 13.9. The van der Waals surface area contributed by atoms with Gasteiger partial charge in [0.2, 0.25) is 0 Å². The highest BCUT2D eigenvalue weighted by atomic mass is 32.2. The zero-order chi connectivity index (χ0) is 14.4. The van der Waals surface area contributed by atoms with Crippen LogP contribution in [-0.2, 0) is 9.84 Å². The third kappa shape index (κ3) is 2.24. The predicted molar refractivity (Wildman–Crippen MR) is 83.4 cm³/mol. The maximum absolute atomic E-state index is 11.6. The summed E-state index contributed by atoms with van der Waals surface area (Å²) in [5.41, 5.74) is 0.862. The standard InChI is InChI=1S/C13H12N4O2S2/c18-21(19)5-3-8(6-21)17-12-11-10(15-7-16-12)9-2-1-4-14-13(9)20-11/h1-2,4,7-8H,3,5-6H2,(H,15,16,17).